The Morgan fingerprint density at radius 2 is 0.445 bits per heavy atom. The summed E-state index contributed by atoms with van der Waals surface area (Å²) in [5, 5.41) is 109. The molecule has 9 aliphatic heterocycles. The molecule has 146 heavy (non-hydrogen) atoms. The fourth-order valence-electron chi connectivity index (χ4n) is 22.8. The molecule has 0 aromatic heterocycles. The molecule has 32 heteroatoms. The van der Waals surface area contributed by atoms with E-state index in [4.69, 9.17) is 18.9 Å². The van der Waals surface area contributed by atoms with E-state index < -0.39 is 55.5 Å². The summed E-state index contributed by atoms with van der Waals surface area (Å²) < 4.78 is 21.8. The van der Waals surface area contributed by atoms with Gasteiger partial charge in [-0.25, -0.2) is 0 Å². The van der Waals surface area contributed by atoms with Gasteiger partial charge in [-0.1, -0.05) is 69.2 Å². The molecule has 2 amide bonds. The molecule has 0 aromatic rings. The Labute approximate surface area is 886 Å². The number of nitrogens with zero attached hydrogens (tertiary/aromatic N) is 9. The lowest BCUT2D eigenvalue weighted by atomic mass is 9.81. The van der Waals surface area contributed by atoms with Crippen LogP contribution in [0, 0.1) is 71.0 Å². The minimum absolute atomic E-state index is 0.0205. The highest BCUT2D eigenvalue weighted by Gasteiger charge is 2.62. The third kappa shape index (κ3) is 35.5. The summed E-state index contributed by atoms with van der Waals surface area (Å²) in [4.78, 5) is 95.6. The third-order valence-corrected chi connectivity index (χ3v) is 31.9. The molecule has 0 aromatic carbocycles. The van der Waals surface area contributed by atoms with Crippen LogP contribution in [-0.2, 0) is 57.3 Å². The van der Waals surface area contributed by atoms with Crippen LogP contribution < -0.4 is 10.6 Å². The highest BCUT2D eigenvalue weighted by atomic mass is 16.6. The van der Waals surface area contributed by atoms with E-state index in [1.54, 1.807) is 5.06 Å². The monoisotopic (exact) mass is 2080 g/mol. The van der Waals surface area contributed by atoms with E-state index in [0.717, 1.165) is 19.3 Å². The van der Waals surface area contributed by atoms with E-state index in [-0.39, 0.29) is 174 Å². The normalized spacial score (nSPS) is 28.6. The van der Waals surface area contributed by atoms with Gasteiger partial charge in [0.2, 0.25) is 11.8 Å². The Hall–Kier alpha value is -4.56. The van der Waals surface area contributed by atoms with Gasteiger partial charge in [-0.15, -0.1) is 0 Å². The first-order valence-corrected chi connectivity index (χ1v) is 54.0. The summed E-state index contributed by atoms with van der Waals surface area (Å²) in [5.41, 5.74) is -8.20. The standard InChI is InChI=1S/2C13H26N2O2.2C13H25NO3.2C13H25NO2.2C12H23NO3.C12H25NO/c2*1-11(2,3)14-10(16)9-8-12(4,5)15(17)13(9,6)7;2*1-11(2,3)17-10(15)9-8-12(4,5)14(16)13(9,6)7;2*1-9(2)11(15)7-10-8-12(3,4)14(16)13(10,5)6;2*1-8(2)10(14)16-9-7-11(3,4)13(15)12(9,5)6;1-9(2)7-10-8-11(3,4)13(14)12(10,5)6/h2*9,17H,8H2,1-7H3,(H,14,16);2*9,16H,8H2,1-7H3;2*9-10,16H,7-8H2,1-6H3;2*8-9,15H,7H2,1-6H3;9-10,14H,7-8H2,1-6H3. The Morgan fingerprint density at radius 3 is 0.596 bits per heavy atom. The number of ether oxygens (including phenoxy) is 4. The first kappa shape index (κ1) is 139. The molecule has 9 rings (SSSR count). The van der Waals surface area contributed by atoms with Gasteiger partial charge in [-0.2, -0.15) is 45.6 Å². The fourth-order valence-corrected chi connectivity index (χ4v) is 22.8. The summed E-state index contributed by atoms with van der Waals surface area (Å²) in [6, 6.07) is 0. The molecular formula is C114H223N11O21. The Bertz CT molecular complexity index is 3800. The number of ketones is 2. The van der Waals surface area contributed by atoms with Gasteiger partial charge in [0.25, 0.3) is 0 Å². The van der Waals surface area contributed by atoms with Gasteiger partial charge in [-0.3, -0.25) is 38.4 Å². The van der Waals surface area contributed by atoms with Crippen molar-refractivity contribution in [3.8, 4) is 0 Å². The first-order chi connectivity index (χ1) is 64.0. The summed E-state index contributed by atoms with van der Waals surface area (Å²) in [6.45, 7) is 113. The molecule has 860 valence electrons. The summed E-state index contributed by atoms with van der Waals surface area (Å²) in [7, 11) is 0. The second-order valence-corrected chi connectivity index (χ2v) is 60.1. The number of rotatable bonds is 16. The van der Waals surface area contributed by atoms with E-state index in [1.165, 1.54) is 46.9 Å². The van der Waals surface area contributed by atoms with Crippen molar-refractivity contribution in [2.45, 2.75) is 613 Å². The highest BCUT2D eigenvalue weighted by Crippen LogP contribution is 2.53. The molecule has 9 heterocycles. The van der Waals surface area contributed by atoms with E-state index in [2.05, 4.69) is 52.2 Å². The molecule has 0 spiro atoms. The highest BCUT2D eigenvalue weighted by molar-refractivity contribution is 5.83. The van der Waals surface area contributed by atoms with Crippen molar-refractivity contribution < 1.29 is 104 Å². The smallest absolute Gasteiger partial charge is 0.311 e. The number of amides is 2. The number of Topliss-reactive ketones (excluding diaryl/α,β-unsaturated/α-hetero) is 2. The maximum atomic E-state index is 12.3. The van der Waals surface area contributed by atoms with Gasteiger partial charge in [-0.05, 0) is 407 Å². The topological polar surface area (TPSA) is 409 Å². The van der Waals surface area contributed by atoms with Crippen LogP contribution in [0.4, 0.5) is 0 Å². The minimum atomic E-state index is -0.591. The molecule has 0 bridgehead atoms. The number of hydrogen-bond acceptors (Lipinski definition) is 30. The van der Waals surface area contributed by atoms with Crippen molar-refractivity contribution in [1.29, 1.82) is 0 Å². The Kier molecular flexibility index (Phi) is 45.9. The number of nitrogens with one attached hydrogen (secondary N) is 2. The van der Waals surface area contributed by atoms with Crippen molar-refractivity contribution in [2.75, 3.05) is 0 Å². The van der Waals surface area contributed by atoms with E-state index in [9.17, 15) is 85.2 Å². The summed E-state index contributed by atoms with van der Waals surface area (Å²) in [5.74, 6) is 0.470. The summed E-state index contributed by atoms with van der Waals surface area (Å²) >= 11 is 0. The molecule has 0 radical (unpaired) electrons. The van der Waals surface area contributed by atoms with Crippen LogP contribution in [0.5, 0.6) is 0 Å². The fraction of sp³-hybridized carbons (Fsp3) is 0.930. The SMILES string of the molecule is CC(C)(C)NC(=O)C1CC(C)(C)N(O)C1(C)C.CC(C)(C)NC(=O)C1CC(C)(C)N(O)C1(C)C.CC(C)(C)OC(=O)C1CC(C)(C)N(O)C1(C)C.CC(C)(C)OC(=O)C1CC(C)(C)N(O)C1(C)C.CC(C)C(=O)CC1CC(C)(C)N(O)C1(C)C.CC(C)C(=O)CC1CC(C)(C)N(O)C1(C)C.CC(C)C(=O)OC1CC(C)(C)N(O)C1(C)C.CC(C)C(=O)OC1CC(C)(C)N(O)C1(C)C.CC(C)CC1CC(C)(C)N(O)C1(C)C. The van der Waals surface area contributed by atoms with E-state index in [1.807, 2.05) is 360 Å². The van der Waals surface area contributed by atoms with Crippen LogP contribution in [0.25, 0.3) is 0 Å². The average molecular weight is 2080 g/mol. The van der Waals surface area contributed by atoms with Crippen molar-refractivity contribution in [3.63, 3.8) is 0 Å². The molecule has 0 saturated carbocycles. The van der Waals surface area contributed by atoms with Crippen LogP contribution in [0.1, 0.15) is 479 Å². The zero-order chi connectivity index (χ0) is 117. The predicted octanol–water partition coefficient (Wildman–Crippen LogP) is 23.0. The van der Waals surface area contributed by atoms with Crippen molar-refractivity contribution in [1.82, 2.24) is 56.2 Å². The number of hydroxylamine groups is 18. The van der Waals surface area contributed by atoms with E-state index in [0.29, 0.717) is 74.8 Å². The molecular weight excluding hydrogens is 1860 g/mol. The Balaban J connectivity index is 0.000000822. The van der Waals surface area contributed by atoms with Gasteiger partial charge in [0.05, 0.1) is 68.7 Å². The van der Waals surface area contributed by atoms with Gasteiger partial charge in [0.15, 0.2) is 0 Å². The van der Waals surface area contributed by atoms with Gasteiger partial charge >= 0.3 is 23.9 Å². The van der Waals surface area contributed by atoms with Crippen LogP contribution in [0.15, 0.2) is 0 Å². The van der Waals surface area contributed by atoms with E-state index >= 15 is 0 Å². The van der Waals surface area contributed by atoms with Crippen LogP contribution in [0.2, 0.25) is 0 Å². The molecule has 9 saturated heterocycles. The second kappa shape index (κ2) is 48.0. The molecule has 11 N–H and O–H groups in total. The average Bonchev–Trinajstić information content (AvgIpc) is 1.60. The van der Waals surface area contributed by atoms with Crippen molar-refractivity contribution in [3.05, 3.63) is 0 Å². The maximum absolute atomic E-state index is 12.3. The number of carbonyl (C=O) groups is 8. The first-order valence-electron chi connectivity index (χ1n) is 54.0. The molecule has 9 fully saturated rings. The minimum Gasteiger partial charge on any atom is -0.460 e. The zero-order valence-electron chi connectivity index (χ0n) is 104. The number of carbonyl (C=O) groups excluding carboxylic acids is 8. The largest absolute Gasteiger partial charge is 0.460 e. The molecule has 0 aliphatic carbocycles. The van der Waals surface area contributed by atoms with Crippen LogP contribution in [-0.4, -0.2) is 274 Å². The lowest BCUT2D eigenvalue weighted by Crippen LogP contribution is -2.52. The summed E-state index contributed by atoms with van der Waals surface area (Å²) in [6.07, 6.45) is 8.49. The lowest BCUT2D eigenvalue weighted by molar-refractivity contribution is -0.206. The lowest BCUT2D eigenvalue weighted by Gasteiger charge is -2.36. The van der Waals surface area contributed by atoms with Crippen molar-refractivity contribution >= 4 is 47.3 Å². The Morgan fingerprint density at radius 1 is 0.260 bits per heavy atom. The molecule has 9 unspecified atom stereocenters. The molecule has 9 atom stereocenters. The maximum Gasteiger partial charge on any atom is 0.311 e. The number of hydrogen-bond donors (Lipinski definition) is 11. The van der Waals surface area contributed by atoms with Crippen LogP contribution in [0.3, 0.4) is 0 Å². The van der Waals surface area contributed by atoms with Gasteiger partial charge < -0.3 is 76.4 Å². The van der Waals surface area contributed by atoms with Crippen molar-refractivity contribution in [2.24, 2.45) is 71.0 Å². The second-order valence-electron chi connectivity index (χ2n) is 60.1. The zero-order valence-corrected chi connectivity index (χ0v) is 104. The number of esters is 4. The molecule has 9 aliphatic rings. The molecule has 32 nitrogen and oxygen atoms in total. The van der Waals surface area contributed by atoms with Crippen LogP contribution >= 0.6 is 0 Å². The predicted molar refractivity (Wildman–Crippen MR) is 577 cm³/mol. The van der Waals surface area contributed by atoms with Gasteiger partial charge in [0, 0.05) is 115 Å². The van der Waals surface area contributed by atoms with Gasteiger partial charge in [0.1, 0.15) is 35.0 Å². The quantitative estimate of drug-likeness (QED) is 0.0505. The third-order valence-electron chi connectivity index (χ3n) is 31.9.